The van der Waals surface area contributed by atoms with Crippen molar-refractivity contribution in [3.63, 3.8) is 0 Å². The molecule has 6 aromatic carbocycles. The van der Waals surface area contributed by atoms with Crippen LogP contribution in [0.3, 0.4) is 0 Å². The third kappa shape index (κ3) is 8.43. The van der Waals surface area contributed by atoms with Gasteiger partial charge in [-0.25, -0.2) is 4.98 Å². The summed E-state index contributed by atoms with van der Waals surface area (Å²) in [7, 11) is 0. The van der Waals surface area contributed by atoms with Gasteiger partial charge in [0, 0.05) is 40.8 Å². The van der Waals surface area contributed by atoms with Crippen LogP contribution in [0.5, 0.6) is 5.75 Å². The second-order valence-electron chi connectivity index (χ2n) is 20.5. The first-order chi connectivity index (χ1) is 33.8. The van der Waals surface area contributed by atoms with Gasteiger partial charge in [0.2, 0.25) is 0 Å². The average Bonchev–Trinajstić information content (AvgIpc) is 3.66. The number of rotatable bonds is 6. The molecule has 0 bridgehead atoms. The van der Waals surface area contributed by atoms with Crippen LogP contribution in [0, 0.1) is 13.8 Å². The molecule has 8 rings (SSSR count). The Morgan fingerprint density at radius 3 is 1.81 bits per heavy atom. The molecule has 0 fully saturated rings. The lowest BCUT2D eigenvalue weighted by Gasteiger charge is -2.28. The van der Waals surface area contributed by atoms with E-state index in [0.717, 1.165) is 39.1 Å². The predicted octanol–water partition coefficient (Wildman–Crippen LogP) is 16.3. The number of hydrogen-bond donors (Lipinski definition) is 1. The van der Waals surface area contributed by atoms with Crippen LogP contribution in [0.2, 0.25) is 0 Å². The summed E-state index contributed by atoms with van der Waals surface area (Å²) in [6, 6.07) is 40.3. The van der Waals surface area contributed by atoms with E-state index in [1.54, 1.807) is 6.07 Å². The van der Waals surface area contributed by atoms with Crippen molar-refractivity contribution in [2.75, 3.05) is 0 Å². The highest BCUT2D eigenvalue weighted by atomic mass is 16.3. The molecule has 0 aliphatic rings. The Hall–Kier alpha value is -6.26. The molecule has 0 aliphatic carbocycles. The lowest BCUT2D eigenvalue weighted by atomic mass is 9.79. The van der Waals surface area contributed by atoms with Crippen molar-refractivity contribution in [2.45, 2.75) is 118 Å². The summed E-state index contributed by atoms with van der Waals surface area (Å²) < 4.78 is 79.6. The number of nitrogens with zero attached hydrogens (tertiary/aromatic N) is 3. The van der Waals surface area contributed by atoms with Crippen molar-refractivity contribution in [1.29, 1.82) is 0 Å². The molecule has 326 valence electrons. The third-order valence-electron chi connectivity index (χ3n) is 12.4. The smallest absolute Gasteiger partial charge is 0.149 e. The molecular weight excluding hydrogens is 779 g/mol. The number of pyridine rings is 1. The number of hydrogen-bond acceptors (Lipinski definition) is 3. The van der Waals surface area contributed by atoms with Crippen LogP contribution >= 0.6 is 0 Å². The average molecular weight is 853 g/mol. The largest absolute Gasteiger partial charge is 0.507 e. The number of imidazole rings is 1. The number of fused-ring (bicyclic) bond motifs is 1. The highest BCUT2D eigenvalue weighted by Crippen LogP contribution is 2.46. The normalized spacial score (nSPS) is 15.3. The topological polar surface area (TPSA) is 50.9 Å². The van der Waals surface area contributed by atoms with Crippen LogP contribution < -0.4 is 0 Å². The van der Waals surface area contributed by atoms with E-state index >= 15 is 0 Å². The Morgan fingerprint density at radius 1 is 0.516 bits per heavy atom. The molecule has 0 unspecified atom stereocenters. The Bertz CT molecular complexity index is 3340. The fraction of sp³-hybridized carbons (Fsp3) is 0.300. The zero-order valence-corrected chi connectivity index (χ0v) is 39.0. The van der Waals surface area contributed by atoms with E-state index < -0.39 is 31.4 Å². The number of aryl methyl sites for hydroxylation is 2. The fourth-order valence-electron chi connectivity index (χ4n) is 8.76. The maximum Gasteiger partial charge on any atom is 0.149 e. The van der Waals surface area contributed by atoms with Crippen LogP contribution in [0.4, 0.5) is 0 Å². The zero-order valence-electron chi connectivity index (χ0n) is 48.0. The van der Waals surface area contributed by atoms with Crippen molar-refractivity contribution < 1.29 is 17.4 Å². The first-order valence-electron chi connectivity index (χ1n) is 26.5. The van der Waals surface area contributed by atoms with Crippen molar-refractivity contribution in [3.05, 3.63) is 167 Å². The lowest BCUT2D eigenvalue weighted by Crippen LogP contribution is -2.17. The van der Waals surface area contributed by atoms with Gasteiger partial charge >= 0.3 is 0 Å². The summed E-state index contributed by atoms with van der Waals surface area (Å²) in [5, 5.41) is 12.6. The van der Waals surface area contributed by atoms with E-state index in [0.29, 0.717) is 44.8 Å². The molecule has 0 spiro atoms. The number of aromatic nitrogens is 3. The predicted molar refractivity (Wildman–Crippen MR) is 272 cm³/mol. The standard InChI is InChI=1S/C60H65N3O/c1-37-20-18-21-38(2)53(37)40-28-29-61-50(33-40)42-30-41(31-44(32-42)58(6,7)8)46-24-19-25-52-54(46)62-56(48-35-45(59(9,10)11)36-49(55(48)64)60(12,13)14)63(52)51-27-26-43(57(3,4)5)34-47(51)39-22-16-15-17-23-39/h15-36,64H,1-14H3/i3D3,4D3,5D3. The quantitative estimate of drug-likeness (QED) is 0.181. The molecule has 0 aliphatic heterocycles. The number of para-hydroxylation sites is 1. The number of phenolic OH excluding ortho intramolecular Hbond substituents is 1. The Morgan fingerprint density at radius 2 is 1.16 bits per heavy atom. The minimum atomic E-state index is -3.49. The molecular formula is C60H65N3O. The minimum Gasteiger partial charge on any atom is -0.507 e. The summed E-state index contributed by atoms with van der Waals surface area (Å²) in [5.74, 6) is 0.403. The molecule has 0 atom stereocenters. The highest BCUT2D eigenvalue weighted by molar-refractivity contribution is 5.98. The van der Waals surface area contributed by atoms with Gasteiger partial charge in [-0.15, -0.1) is 0 Å². The summed E-state index contributed by atoms with van der Waals surface area (Å²) in [5.41, 5.74) is 8.97. The minimum absolute atomic E-state index is 0.0366. The van der Waals surface area contributed by atoms with E-state index in [4.69, 9.17) is 22.3 Å². The third-order valence-corrected chi connectivity index (χ3v) is 12.4. The summed E-state index contributed by atoms with van der Waals surface area (Å²) in [4.78, 5) is 10.5. The molecule has 0 radical (unpaired) electrons. The van der Waals surface area contributed by atoms with E-state index in [1.165, 1.54) is 28.8 Å². The van der Waals surface area contributed by atoms with E-state index in [2.05, 4.69) is 97.9 Å². The molecule has 1 N–H and O–H groups in total. The van der Waals surface area contributed by atoms with Gasteiger partial charge in [0.25, 0.3) is 0 Å². The lowest BCUT2D eigenvalue weighted by molar-refractivity contribution is 0.446. The second kappa shape index (κ2) is 16.1. The van der Waals surface area contributed by atoms with Crippen LogP contribution in [0.15, 0.2) is 134 Å². The molecule has 0 saturated carbocycles. The van der Waals surface area contributed by atoms with Crippen LogP contribution in [0.1, 0.15) is 129 Å². The van der Waals surface area contributed by atoms with Gasteiger partial charge in [-0.2, -0.15) is 0 Å². The molecule has 8 aromatic rings. The Labute approximate surface area is 394 Å². The van der Waals surface area contributed by atoms with Gasteiger partial charge in [0.05, 0.1) is 28.0 Å². The molecule has 2 aromatic heterocycles. The number of aromatic hydroxyl groups is 1. The maximum atomic E-state index is 12.6. The summed E-state index contributed by atoms with van der Waals surface area (Å²) in [6.07, 6.45) is 1.85. The van der Waals surface area contributed by atoms with Crippen molar-refractivity contribution in [1.82, 2.24) is 14.5 Å². The van der Waals surface area contributed by atoms with Crippen LogP contribution in [0.25, 0.3) is 72.7 Å². The highest BCUT2D eigenvalue weighted by Gasteiger charge is 2.30. The van der Waals surface area contributed by atoms with Gasteiger partial charge < -0.3 is 5.11 Å². The summed E-state index contributed by atoms with van der Waals surface area (Å²) >= 11 is 0. The first-order valence-corrected chi connectivity index (χ1v) is 22.0. The SMILES string of the molecule is [2H]C([2H])([2H])C(c1ccc(-n2c(-c3cc(C(C)(C)C)cc(C(C)(C)C)c3O)nc3c(-c4cc(-c5cc(-c6c(C)cccc6C)ccn5)cc(C(C)(C)C)c4)cccc32)c(-c2ccccc2)c1)(C([2H])([2H])[2H])C([2H])([2H])[2H]. The van der Waals surface area contributed by atoms with E-state index in [1.807, 2.05) is 98.3 Å². The van der Waals surface area contributed by atoms with E-state index in [9.17, 15) is 5.11 Å². The maximum absolute atomic E-state index is 12.6. The second-order valence-corrected chi connectivity index (χ2v) is 20.5. The molecule has 2 heterocycles. The fourth-order valence-corrected chi connectivity index (χ4v) is 8.76. The molecule has 0 amide bonds. The first kappa shape index (κ1) is 34.2. The van der Waals surface area contributed by atoms with Crippen molar-refractivity contribution >= 4 is 11.0 Å². The molecule has 64 heavy (non-hydrogen) atoms. The van der Waals surface area contributed by atoms with Gasteiger partial charge in [0.1, 0.15) is 11.6 Å². The van der Waals surface area contributed by atoms with E-state index in [-0.39, 0.29) is 22.1 Å². The van der Waals surface area contributed by atoms with Gasteiger partial charge in [-0.3, -0.25) is 9.55 Å². The van der Waals surface area contributed by atoms with Crippen molar-refractivity contribution in [3.8, 4) is 67.5 Å². The molecule has 0 saturated heterocycles. The Kier molecular flexibility index (Phi) is 8.58. The summed E-state index contributed by atoms with van der Waals surface area (Å²) in [6.45, 7) is 12.8. The van der Waals surface area contributed by atoms with Gasteiger partial charge in [-0.1, -0.05) is 162 Å². The monoisotopic (exact) mass is 853 g/mol. The van der Waals surface area contributed by atoms with Crippen LogP contribution in [-0.2, 0) is 21.7 Å². The Balaban J connectivity index is 1.51. The van der Waals surface area contributed by atoms with Crippen LogP contribution in [-0.4, -0.2) is 19.6 Å². The number of benzene rings is 6. The number of phenols is 1. The van der Waals surface area contributed by atoms with Crippen molar-refractivity contribution in [2.24, 2.45) is 0 Å². The van der Waals surface area contributed by atoms with Gasteiger partial charge in [-0.05, 0) is 134 Å². The van der Waals surface area contributed by atoms with Gasteiger partial charge in [0.15, 0.2) is 0 Å². The molecule has 4 nitrogen and oxygen atoms in total. The molecule has 4 heteroatoms. The zero-order chi connectivity index (χ0) is 53.6.